The summed E-state index contributed by atoms with van der Waals surface area (Å²) in [7, 11) is 3.01. The standard InChI is InChI=1S/C13H21NO3/c1-8(2)5-10(14)9-6-11(16-3)13(15)12(7-9)17-4/h6-8,10,15H,5,14H2,1-4H3/t10-/m1/s1. The number of methoxy groups -OCH3 is 2. The lowest BCUT2D eigenvalue weighted by Crippen LogP contribution is -2.13. The number of hydrogen-bond donors (Lipinski definition) is 2. The van der Waals surface area contributed by atoms with E-state index < -0.39 is 0 Å². The third kappa shape index (κ3) is 3.27. The summed E-state index contributed by atoms with van der Waals surface area (Å²) >= 11 is 0. The zero-order valence-electron chi connectivity index (χ0n) is 10.9. The van der Waals surface area contributed by atoms with E-state index in [0.29, 0.717) is 17.4 Å². The van der Waals surface area contributed by atoms with E-state index in [1.54, 1.807) is 12.1 Å². The van der Waals surface area contributed by atoms with Crippen LogP contribution in [0.3, 0.4) is 0 Å². The van der Waals surface area contributed by atoms with Crippen molar-refractivity contribution in [2.24, 2.45) is 11.7 Å². The van der Waals surface area contributed by atoms with Crippen LogP contribution in [-0.2, 0) is 0 Å². The molecular formula is C13H21NO3. The van der Waals surface area contributed by atoms with Crippen molar-refractivity contribution >= 4 is 0 Å². The molecule has 0 spiro atoms. The third-order valence-corrected chi connectivity index (χ3v) is 2.66. The van der Waals surface area contributed by atoms with Crippen LogP contribution in [0.25, 0.3) is 0 Å². The SMILES string of the molecule is COc1cc([C@H](N)CC(C)C)cc(OC)c1O. The molecule has 1 atom stereocenters. The first-order valence-corrected chi connectivity index (χ1v) is 5.70. The van der Waals surface area contributed by atoms with Crippen LogP contribution in [0.1, 0.15) is 31.9 Å². The molecule has 0 saturated heterocycles. The average Bonchev–Trinajstić information content (AvgIpc) is 2.28. The van der Waals surface area contributed by atoms with E-state index in [-0.39, 0.29) is 11.8 Å². The third-order valence-electron chi connectivity index (χ3n) is 2.66. The Morgan fingerprint density at radius 3 is 2.00 bits per heavy atom. The van der Waals surface area contributed by atoms with Gasteiger partial charge >= 0.3 is 0 Å². The molecule has 0 radical (unpaired) electrons. The van der Waals surface area contributed by atoms with Gasteiger partial charge in [0.25, 0.3) is 0 Å². The first-order valence-electron chi connectivity index (χ1n) is 5.70. The maximum absolute atomic E-state index is 9.79. The molecule has 0 aliphatic rings. The molecule has 1 rings (SSSR count). The Hall–Kier alpha value is -1.42. The number of phenolic OH excluding ortho intramolecular Hbond substituents is 1. The maximum Gasteiger partial charge on any atom is 0.200 e. The highest BCUT2D eigenvalue weighted by atomic mass is 16.5. The van der Waals surface area contributed by atoms with Crippen molar-refractivity contribution in [3.8, 4) is 17.2 Å². The normalized spacial score (nSPS) is 12.6. The predicted molar refractivity (Wildman–Crippen MR) is 67.6 cm³/mol. The van der Waals surface area contributed by atoms with Crippen LogP contribution in [0.5, 0.6) is 17.2 Å². The van der Waals surface area contributed by atoms with Crippen LogP contribution in [-0.4, -0.2) is 19.3 Å². The molecule has 3 N–H and O–H groups in total. The number of phenols is 1. The summed E-state index contributed by atoms with van der Waals surface area (Å²) in [5.74, 6) is 1.29. The lowest BCUT2D eigenvalue weighted by atomic mass is 9.97. The van der Waals surface area contributed by atoms with Crippen molar-refractivity contribution < 1.29 is 14.6 Å². The van der Waals surface area contributed by atoms with E-state index in [2.05, 4.69) is 13.8 Å². The van der Waals surface area contributed by atoms with Crippen LogP contribution in [0, 0.1) is 5.92 Å². The van der Waals surface area contributed by atoms with Crippen LogP contribution >= 0.6 is 0 Å². The fraction of sp³-hybridized carbons (Fsp3) is 0.538. The van der Waals surface area contributed by atoms with E-state index in [9.17, 15) is 5.11 Å². The highest BCUT2D eigenvalue weighted by Crippen LogP contribution is 2.39. The number of aromatic hydroxyl groups is 1. The van der Waals surface area contributed by atoms with Crippen molar-refractivity contribution in [1.82, 2.24) is 0 Å². The van der Waals surface area contributed by atoms with E-state index in [1.807, 2.05) is 0 Å². The van der Waals surface area contributed by atoms with Gasteiger partial charge in [-0.05, 0) is 30.0 Å². The summed E-state index contributed by atoms with van der Waals surface area (Å²) in [4.78, 5) is 0. The van der Waals surface area contributed by atoms with Gasteiger partial charge in [0.05, 0.1) is 14.2 Å². The summed E-state index contributed by atoms with van der Waals surface area (Å²) in [6.07, 6.45) is 0.872. The van der Waals surface area contributed by atoms with Crippen molar-refractivity contribution in [3.05, 3.63) is 17.7 Å². The van der Waals surface area contributed by atoms with E-state index >= 15 is 0 Å². The van der Waals surface area contributed by atoms with Gasteiger partial charge < -0.3 is 20.3 Å². The van der Waals surface area contributed by atoms with Gasteiger partial charge in [-0.3, -0.25) is 0 Å². The second-order valence-electron chi connectivity index (χ2n) is 4.51. The summed E-state index contributed by atoms with van der Waals surface area (Å²) < 4.78 is 10.2. The first kappa shape index (κ1) is 13.6. The first-order chi connectivity index (χ1) is 7.99. The molecule has 0 aliphatic heterocycles. The quantitative estimate of drug-likeness (QED) is 0.828. The van der Waals surface area contributed by atoms with Gasteiger partial charge in [0.1, 0.15) is 0 Å². The molecule has 0 amide bonds. The Morgan fingerprint density at radius 1 is 1.18 bits per heavy atom. The Balaban J connectivity index is 3.08. The second-order valence-corrected chi connectivity index (χ2v) is 4.51. The smallest absolute Gasteiger partial charge is 0.200 e. The van der Waals surface area contributed by atoms with Crippen molar-refractivity contribution in [1.29, 1.82) is 0 Å². The lowest BCUT2D eigenvalue weighted by molar-refractivity contribution is 0.338. The predicted octanol–water partition coefficient (Wildman–Crippen LogP) is 2.46. The van der Waals surface area contributed by atoms with Crippen LogP contribution in [0.2, 0.25) is 0 Å². The molecule has 0 aliphatic carbocycles. The molecule has 1 aromatic rings. The molecule has 0 fully saturated rings. The summed E-state index contributed by atoms with van der Waals surface area (Å²) in [5, 5.41) is 9.79. The van der Waals surface area contributed by atoms with Crippen molar-refractivity contribution in [2.45, 2.75) is 26.3 Å². The minimum atomic E-state index is -0.0848. The van der Waals surface area contributed by atoms with Gasteiger partial charge in [-0.25, -0.2) is 0 Å². The molecule has 0 saturated carbocycles. The molecule has 1 aromatic carbocycles. The summed E-state index contributed by atoms with van der Waals surface area (Å²) in [6, 6.07) is 3.42. The molecule has 0 aromatic heterocycles. The number of ether oxygens (including phenoxy) is 2. The van der Waals surface area contributed by atoms with E-state index in [4.69, 9.17) is 15.2 Å². The minimum absolute atomic E-state index is 0.00972. The molecule has 4 nitrogen and oxygen atoms in total. The Bertz CT molecular complexity index is 352. The van der Waals surface area contributed by atoms with Gasteiger partial charge in [0, 0.05) is 6.04 Å². The van der Waals surface area contributed by atoms with Crippen LogP contribution in [0.4, 0.5) is 0 Å². The number of rotatable bonds is 5. The Kier molecular flexibility index (Phi) is 4.63. The summed E-state index contributed by atoms with van der Waals surface area (Å²) in [5.41, 5.74) is 7.01. The number of nitrogens with two attached hydrogens (primary N) is 1. The van der Waals surface area contributed by atoms with E-state index in [0.717, 1.165) is 12.0 Å². The highest BCUT2D eigenvalue weighted by molar-refractivity contribution is 5.53. The fourth-order valence-corrected chi connectivity index (χ4v) is 1.77. The largest absolute Gasteiger partial charge is 0.502 e. The topological polar surface area (TPSA) is 64.7 Å². The highest BCUT2D eigenvalue weighted by Gasteiger charge is 2.15. The van der Waals surface area contributed by atoms with Gasteiger partial charge in [-0.2, -0.15) is 0 Å². The van der Waals surface area contributed by atoms with Crippen molar-refractivity contribution in [2.75, 3.05) is 14.2 Å². The molecule has 0 bridgehead atoms. The minimum Gasteiger partial charge on any atom is -0.502 e. The van der Waals surface area contributed by atoms with Crippen LogP contribution in [0.15, 0.2) is 12.1 Å². The number of benzene rings is 1. The van der Waals surface area contributed by atoms with Gasteiger partial charge in [-0.1, -0.05) is 13.8 Å². The van der Waals surface area contributed by atoms with Gasteiger partial charge in [0.15, 0.2) is 11.5 Å². The molecule has 96 valence electrons. The van der Waals surface area contributed by atoms with Gasteiger partial charge in [0.2, 0.25) is 5.75 Å². The zero-order valence-corrected chi connectivity index (χ0v) is 10.9. The van der Waals surface area contributed by atoms with Crippen LogP contribution < -0.4 is 15.2 Å². The molecule has 4 heteroatoms. The Morgan fingerprint density at radius 2 is 1.65 bits per heavy atom. The second kappa shape index (κ2) is 5.77. The van der Waals surface area contributed by atoms with Gasteiger partial charge in [-0.15, -0.1) is 0 Å². The molecule has 0 heterocycles. The fourth-order valence-electron chi connectivity index (χ4n) is 1.77. The lowest BCUT2D eigenvalue weighted by Gasteiger charge is -2.17. The summed E-state index contributed by atoms with van der Waals surface area (Å²) in [6.45, 7) is 4.24. The maximum atomic E-state index is 9.79. The number of hydrogen-bond acceptors (Lipinski definition) is 4. The van der Waals surface area contributed by atoms with Crippen molar-refractivity contribution in [3.63, 3.8) is 0 Å². The van der Waals surface area contributed by atoms with E-state index in [1.165, 1.54) is 14.2 Å². The molecule has 17 heavy (non-hydrogen) atoms. The zero-order chi connectivity index (χ0) is 13.0. The monoisotopic (exact) mass is 239 g/mol. The average molecular weight is 239 g/mol. The Labute approximate surface area is 102 Å². The molecule has 0 unspecified atom stereocenters. The molecular weight excluding hydrogens is 218 g/mol.